The van der Waals surface area contributed by atoms with Crippen LogP contribution in [0.4, 0.5) is 5.69 Å². The molecule has 6 N–H and O–H groups in total. The summed E-state index contributed by atoms with van der Waals surface area (Å²) in [5, 5.41) is 8.64. The van der Waals surface area contributed by atoms with Gasteiger partial charge in [0.25, 0.3) is 0 Å². The Bertz CT molecular complexity index is 455. The van der Waals surface area contributed by atoms with Gasteiger partial charge in [0.05, 0.1) is 17.3 Å². The molecule has 0 spiro atoms. The first-order valence-corrected chi connectivity index (χ1v) is 4.06. The molecule has 0 aliphatic carbocycles. The van der Waals surface area contributed by atoms with E-state index in [2.05, 4.69) is 9.98 Å². The number of halogens is 1. The van der Waals surface area contributed by atoms with Crippen molar-refractivity contribution in [3.05, 3.63) is 29.8 Å². The Morgan fingerprint density at radius 1 is 1.25 bits per heavy atom. The summed E-state index contributed by atoms with van der Waals surface area (Å²) in [7, 11) is 0. The topological polar surface area (TPSA) is 127 Å². The fraction of sp³-hybridized carbons (Fsp3) is 0. The van der Waals surface area contributed by atoms with Crippen molar-refractivity contribution in [2.45, 2.75) is 0 Å². The van der Waals surface area contributed by atoms with Crippen LogP contribution in [-0.2, 0) is 0 Å². The second kappa shape index (κ2) is 6.27. The minimum atomic E-state index is -0.160. The molecule has 0 heterocycles. The molecule has 1 aromatic rings. The van der Waals surface area contributed by atoms with Gasteiger partial charge in [-0.3, -0.25) is 0 Å². The number of hydrogen-bond donors (Lipinski definition) is 3. The summed E-state index contributed by atoms with van der Waals surface area (Å²) in [6, 6.07) is 8.61. The number of nitriles is 1. The third kappa shape index (κ3) is 4.30. The Balaban J connectivity index is 0.00000225. The van der Waals surface area contributed by atoms with Gasteiger partial charge < -0.3 is 17.2 Å². The number of benzene rings is 1. The maximum atomic E-state index is 8.64. The lowest BCUT2D eigenvalue weighted by Gasteiger charge is -1.96. The first-order valence-electron chi connectivity index (χ1n) is 4.06. The molecular formula is C9H11ClN6. The molecule has 84 valence electrons. The van der Waals surface area contributed by atoms with Crippen LogP contribution >= 0.6 is 12.4 Å². The van der Waals surface area contributed by atoms with Crippen LogP contribution in [0.3, 0.4) is 0 Å². The second-order valence-electron chi connectivity index (χ2n) is 2.67. The van der Waals surface area contributed by atoms with Crippen LogP contribution in [0.5, 0.6) is 0 Å². The van der Waals surface area contributed by atoms with E-state index in [1.165, 1.54) is 0 Å². The minimum Gasteiger partial charge on any atom is -0.370 e. The van der Waals surface area contributed by atoms with Crippen LogP contribution < -0.4 is 17.2 Å². The monoisotopic (exact) mass is 238 g/mol. The van der Waals surface area contributed by atoms with Crippen LogP contribution in [0.25, 0.3) is 0 Å². The maximum absolute atomic E-state index is 8.64. The van der Waals surface area contributed by atoms with E-state index in [-0.39, 0.29) is 24.3 Å². The number of rotatable bonds is 1. The van der Waals surface area contributed by atoms with Gasteiger partial charge in [0.1, 0.15) is 0 Å². The predicted molar refractivity (Wildman–Crippen MR) is 65.5 cm³/mol. The van der Waals surface area contributed by atoms with Crippen LogP contribution in [-0.4, -0.2) is 11.9 Å². The van der Waals surface area contributed by atoms with E-state index < -0.39 is 0 Å². The smallest absolute Gasteiger partial charge is 0.223 e. The molecule has 6 nitrogen and oxygen atoms in total. The van der Waals surface area contributed by atoms with Crippen LogP contribution in [0.15, 0.2) is 34.3 Å². The lowest BCUT2D eigenvalue weighted by Crippen LogP contribution is -2.26. The molecule has 0 unspecified atom stereocenters. The Morgan fingerprint density at radius 2 is 1.94 bits per heavy atom. The molecule has 1 aromatic carbocycles. The molecule has 0 aliphatic heterocycles. The highest BCUT2D eigenvalue weighted by molar-refractivity contribution is 5.93. The Kier molecular flexibility index (Phi) is 5.38. The summed E-state index contributed by atoms with van der Waals surface area (Å²) < 4.78 is 0. The number of nitrogens with zero attached hydrogens (tertiary/aromatic N) is 3. The maximum Gasteiger partial charge on any atom is 0.223 e. The summed E-state index contributed by atoms with van der Waals surface area (Å²) in [6.07, 6.45) is 0. The van der Waals surface area contributed by atoms with Gasteiger partial charge in [0.15, 0.2) is 5.96 Å². The van der Waals surface area contributed by atoms with Crippen LogP contribution in [0, 0.1) is 11.3 Å². The average molecular weight is 239 g/mol. The summed E-state index contributed by atoms with van der Waals surface area (Å²) in [4.78, 5) is 7.45. The van der Waals surface area contributed by atoms with Crippen LogP contribution in [0.2, 0.25) is 0 Å². The zero-order valence-electron chi connectivity index (χ0n) is 8.29. The lowest BCUT2D eigenvalue weighted by molar-refractivity contribution is 1.37. The summed E-state index contributed by atoms with van der Waals surface area (Å²) in [5.74, 6) is -0.210. The summed E-state index contributed by atoms with van der Waals surface area (Å²) in [5.41, 5.74) is 16.7. The molecule has 7 heteroatoms. The first kappa shape index (κ1) is 13.7. The van der Waals surface area contributed by atoms with Crippen molar-refractivity contribution < 1.29 is 0 Å². The minimum absolute atomic E-state index is 0. The van der Waals surface area contributed by atoms with Gasteiger partial charge in [0.2, 0.25) is 5.96 Å². The lowest BCUT2D eigenvalue weighted by atomic mass is 10.2. The number of hydrogen-bond acceptors (Lipinski definition) is 2. The molecule has 0 atom stereocenters. The van der Waals surface area contributed by atoms with Crippen molar-refractivity contribution in [2.75, 3.05) is 0 Å². The van der Waals surface area contributed by atoms with E-state index in [1.54, 1.807) is 24.3 Å². The number of aliphatic imine (C=N–C) groups is 2. The second-order valence-corrected chi connectivity index (χ2v) is 2.67. The molecule has 1 rings (SSSR count). The van der Waals surface area contributed by atoms with Gasteiger partial charge in [-0.25, -0.2) is 4.99 Å². The highest BCUT2D eigenvalue weighted by Crippen LogP contribution is 2.13. The van der Waals surface area contributed by atoms with E-state index in [0.717, 1.165) is 0 Å². The molecular weight excluding hydrogens is 228 g/mol. The third-order valence-corrected chi connectivity index (χ3v) is 1.46. The van der Waals surface area contributed by atoms with Crippen molar-refractivity contribution in [2.24, 2.45) is 27.2 Å². The average Bonchev–Trinajstić information content (AvgIpc) is 2.16. The molecule has 0 aromatic heterocycles. The predicted octanol–water partition coefficient (Wildman–Crippen LogP) is 0.200. The fourth-order valence-electron chi connectivity index (χ4n) is 0.935. The molecule has 0 bridgehead atoms. The van der Waals surface area contributed by atoms with Gasteiger partial charge in [-0.15, -0.1) is 12.4 Å². The largest absolute Gasteiger partial charge is 0.370 e. The summed E-state index contributed by atoms with van der Waals surface area (Å²) in [6.45, 7) is 0. The van der Waals surface area contributed by atoms with Gasteiger partial charge in [-0.05, 0) is 18.2 Å². The van der Waals surface area contributed by atoms with E-state index in [1.807, 2.05) is 6.07 Å². The van der Waals surface area contributed by atoms with Gasteiger partial charge in [-0.2, -0.15) is 10.3 Å². The van der Waals surface area contributed by atoms with Crippen molar-refractivity contribution in [3.8, 4) is 6.07 Å². The summed E-state index contributed by atoms with van der Waals surface area (Å²) >= 11 is 0. The SMILES string of the molecule is Cl.N#Cc1cccc(N=C(N)N=C(N)N)c1. The number of nitrogens with two attached hydrogens (primary N) is 3. The van der Waals surface area contributed by atoms with E-state index in [9.17, 15) is 0 Å². The molecule has 0 fully saturated rings. The van der Waals surface area contributed by atoms with Crippen molar-refractivity contribution in [3.63, 3.8) is 0 Å². The zero-order valence-corrected chi connectivity index (χ0v) is 9.11. The van der Waals surface area contributed by atoms with Crippen molar-refractivity contribution in [1.29, 1.82) is 5.26 Å². The first-order chi connectivity index (χ1) is 7.11. The number of guanidine groups is 2. The van der Waals surface area contributed by atoms with Crippen LogP contribution in [0.1, 0.15) is 5.56 Å². The van der Waals surface area contributed by atoms with E-state index >= 15 is 0 Å². The molecule has 0 amide bonds. The molecule has 0 radical (unpaired) electrons. The molecule has 0 saturated heterocycles. The normalized spacial score (nSPS) is 9.81. The van der Waals surface area contributed by atoms with Crippen molar-refractivity contribution in [1.82, 2.24) is 0 Å². The molecule has 16 heavy (non-hydrogen) atoms. The molecule has 0 aliphatic rings. The van der Waals surface area contributed by atoms with E-state index in [4.69, 9.17) is 22.5 Å². The van der Waals surface area contributed by atoms with E-state index in [0.29, 0.717) is 11.3 Å². The standard InChI is InChI=1S/C9H10N6.ClH/c10-5-6-2-1-3-7(4-6)14-9(13)15-8(11)12;/h1-4H,(H6,11,12,13,14,15);1H. The fourth-order valence-corrected chi connectivity index (χ4v) is 0.935. The van der Waals surface area contributed by atoms with Gasteiger partial charge >= 0.3 is 0 Å². The third-order valence-electron chi connectivity index (χ3n) is 1.46. The Hall–Kier alpha value is -2.26. The van der Waals surface area contributed by atoms with Gasteiger partial charge in [0, 0.05) is 0 Å². The highest BCUT2D eigenvalue weighted by atomic mass is 35.5. The van der Waals surface area contributed by atoms with Gasteiger partial charge in [-0.1, -0.05) is 6.07 Å². The highest BCUT2D eigenvalue weighted by Gasteiger charge is 1.94. The quantitative estimate of drug-likeness (QED) is 0.477. The van der Waals surface area contributed by atoms with Crippen molar-refractivity contribution >= 4 is 30.0 Å². The zero-order chi connectivity index (χ0) is 11.3. The molecule has 0 saturated carbocycles. The Morgan fingerprint density at radius 3 is 2.50 bits per heavy atom. The Labute approximate surface area is 98.9 Å².